The van der Waals surface area contributed by atoms with Gasteiger partial charge < -0.3 is 9.30 Å². The molecule has 2 aromatic carbocycles. The van der Waals surface area contributed by atoms with Gasteiger partial charge in [-0.25, -0.2) is 4.52 Å². The van der Waals surface area contributed by atoms with Crippen LogP contribution in [0.25, 0.3) is 5.65 Å². The fourth-order valence-corrected chi connectivity index (χ4v) is 2.84. The van der Waals surface area contributed by atoms with Crippen molar-refractivity contribution >= 4 is 5.65 Å². The summed E-state index contributed by atoms with van der Waals surface area (Å²) >= 11 is 0. The van der Waals surface area contributed by atoms with E-state index in [2.05, 4.69) is 11.2 Å². The molecule has 0 radical (unpaired) electrons. The van der Waals surface area contributed by atoms with Gasteiger partial charge in [0.15, 0.2) is 5.65 Å². The van der Waals surface area contributed by atoms with Crippen LogP contribution in [-0.2, 0) is 13.2 Å². The van der Waals surface area contributed by atoms with Crippen molar-refractivity contribution in [3.63, 3.8) is 0 Å². The third kappa shape index (κ3) is 3.10. The van der Waals surface area contributed by atoms with Crippen molar-refractivity contribution in [1.82, 2.24) is 14.2 Å². The summed E-state index contributed by atoms with van der Waals surface area (Å²) in [4.78, 5) is 0. The average Bonchev–Trinajstić information content (AvgIpc) is 3.24. The molecule has 0 aliphatic carbocycles. The van der Waals surface area contributed by atoms with Crippen LogP contribution in [0.4, 0.5) is 0 Å². The zero-order chi connectivity index (χ0) is 17.1. The predicted molar refractivity (Wildman–Crippen MR) is 94.2 cm³/mol. The van der Waals surface area contributed by atoms with E-state index in [1.165, 1.54) is 0 Å². The third-order valence-electron chi connectivity index (χ3n) is 4.05. The van der Waals surface area contributed by atoms with Crippen molar-refractivity contribution in [3.8, 4) is 11.8 Å². The normalized spacial score (nSPS) is 10.7. The molecule has 0 atom stereocenters. The van der Waals surface area contributed by atoms with Crippen LogP contribution in [0.2, 0.25) is 0 Å². The molecule has 0 spiro atoms. The molecule has 0 saturated heterocycles. The SMILES string of the molecule is N#Cc1cnn2ccn(Cc3cccc(OCc4ccccc4)c3)c12. The van der Waals surface area contributed by atoms with Crippen LogP contribution in [0.3, 0.4) is 0 Å². The molecule has 0 amide bonds. The summed E-state index contributed by atoms with van der Waals surface area (Å²) in [6, 6.07) is 20.3. The lowest BCUT2D eigenvalue weighted by atomic mass is 10.2. The summed E-state index contributed by atoms with van der Waals surface area (Å²) in [6.07, 6.45) is 5.37. The topological polar surface area (TPSA) is 55.2 Å². The Hall–Kier alpha value is -3.52. The number of ether oxygens (including phenoxy) is 1. The first-order valence-corrected chi connectivity index (χ1v) is 8.02. The molecule has 0 aliphatic rings. The van der Waals surface area contributed by atoms with E-state index in [0.717, 1.165) is 22.5 Å². The molecule has 0 saturated carbocycles. The quantitative estimate of drug-likeness (QED) is 0.562. The predicted octanol–water partition coefficient (Wildman–Crippen LogP) is 3.63. The average molecular weight is 328 g/mol. The van der Waals surface area contributed by atoms with Crippen molar-refractivity contribution in [2.75, 3.05) is 0 Å². The zero-order valence-electron chi connectivity index (χ0n) is 13.5. The fourth-order valence-electron chi connectivity index (χ4n) is 2.84. The smallest absolute Gasteiger partial charge is 0.154 e. The number of nitriles is 1. The summed E-state index contributed by atoms with van der Waals surface area (Å²) < 4.78 is 9.62. The first-order chi connectivity index (χ1) is 12.3. The lowest BCUT2D eigenvalue weighted by Gasteiger charge is -2.09. The monoisotopic (exact) mass is 328 g/mol. The van der Waals surface area contributed by atoms with Gasteiger partial charge in [-0.2, -0.15) is 10.4 Å². The van der Waals surface area contributed by atoms with E-state index in [9.17, 15) is 5.26 Å². The Labute approximate surface area is 145 Å². The van der Waals surface area contributed by atoms with E-state index >= 15 is 0 Å². The van der Waals surface area contributed by atoms with E-state index < -0.39 is 0 Å². The number of aromatic nitrogens is 3. The molecule has 0 unspecified atom stereocenters. The van der Waals surface area contributed by atoms with Crippen molar-refractivity contribution in [2.24, 2.45) is 0 Å². The maximum absolute atomic E-state index is 9.22. The zero-order valence-corrected chi connectivity index (χ0v) is 13.5. The number of nitrogens with zero attached hydrogens (tertiary/aromatic N) is 4. The van der Waals surface area contributed by atoms with E-state index in [1.54, 1.807) is 10.7 Å². The van der Waals surface area contributed by atoms with Crippen molar-refractivity contribution in [2.45, 2.75) is 13.2 Å². The van der Waals surface area contributed by atoms with Crippen LogP contribution in [0, 0.1) is 11.3 Å². The maximum Gasteiger partial charge on any atom is 0.154 e. The third-order valence-corrected chi connectivity index (χ3v) is 4.05. The van der Waals surface area contributed by atoms with Crippen LogP contribution in [-0.4, -0.2) is 14.2 Å². The summed E-state index contributed by atoms with van der Waals surface area (Å²) in [5.41, 5.74) is 3.62. The molecule has 122 valence electrons. The van der Waals surface area contributed by atoms with Gasteiger partial charge in [0.25, 0.3) is 0 Å². The maximum atomic E-state index is 9.22. The van der Waals surface area contributed by atoms with Gasteiger partial charge in [-0.3, -0.25) is 0 Å². The van der Waals surface area contributed by atoms with Gasteiger partial charge in [0, 0.05) is 18.9 Å². The molecule has 0 fully saturated rings. The summed E-state index contributed by atoms with van der Waals surface area (Å²) in [5.74, 6) is 0.832. The molecule has 2 heterocycles. The highest BCUT2D eigenvalue weighted by atomic mass is 16.5. The summed E-state index contributed by atoms with van der Waals surface area (Å²) in [5, 5.41) is 13.4. The first kappa shape index (κ1) is 15.0. The summed E-state index contributed by atoms with van der Waals surface area (Å²) in [7, 11) is 0. The van der Waals surface area contributed by atoms with E-state index in [1.807, 2.05) is 71.6 Å². The summed E-state index contributed by atoms with van der Waals surface area (Å²) in [6.45, 7) is 1.19. The number of imidazole rings is 1. The Balaban J connectivity index is 1.53. The van der Waals surface area contributed by atoms with E-state index in [4.69, 9.17) is 4.74 Å². The fraction of sp³-hybridized carbons (Fsp3) is 0.100. The van der Waals surface area contributed by atoms with Crippen molar-refractivity contribution in [3.05, 3.63) is 89.9 Å². The second-order valence-corrected chi connectivity index (χ2v) is 5.79. The van der Waals surface area contributed by atoms with Gasteiger partial charge >= 0.3 is 0 Å². The van der Waals surface area contributed by atoms with Crippen molar-refractivity contribution in [1.29, 1.82) is 5.26 Å². The van der Waals surface area contributed by atoms with Gasteiger partial charge in [0.05, 0.1) is 6.20 Å². The highest BCUT2D eigenvalue weighted by Crippen LogP contribution is 2.18. The molecule has 5 heteroatoms. The number of hydrogen-bond donors (Lipinski definition) is 0. The van der Waals surface area contributed by atoms with Gasteiger partial charge in [0.1, 0.15) is 24.0 Å². The van der Waals surface area contributed by atoms with Crippen LogP contribution < -0.4 is 4.74 Å². The molecule has 0 N–H and O–H groups in total. The molecular formula is C20H16N4O. The number of hydrogen-bond acceptors (Lipinski definition) is 3. The molecule has 2 aromatic heterocycles. The minimum Gasteiger partial charge on any atom is -0.489 e. The molecular weight excluding hydrogens is 312 g/mol. The Bertz CT molecular complexity index is 1040. The minimum atomic E-state index is 0.541. The van der Waals surface area contributed by atoms with Crippen LogP contribution in [0.1, 0.15) is 16.7 Å². The number of fused-ring (bicyclic) bond motifs is 1. The molecule has 0 bridgehead atoms. The van der Waals surface area contributed by atoms with E-state index in [-0.39, 0.29) is 0 Å². The lowest BCUT2D eigenvalue weighted by molar-refractivity contribution is 0.306. The molecule has 25 heavy (non-hydrogen) atoms. The Kier molecular flexibility index (Phi) is 3.93. The second kappa shape index (κ2) is 6.54. The highest BCUT2D eigenvalue weighted by Gasteiger charge is 2.09. The van der Waals surface area contributed by atoms with Gasteiger partial charge in [-0.15, -0.1) is 0 Å². The van der Waals surface area contributed by atoms with Crippen LogP contribution in [0.15, 0.2) is 73.2 Å². The van der Waals surface area contributed by atoms with Crippen molar-refractivity contribution < 1.29 is 4.74 Å². The lowest BCUT2D eigenvalue weighted by Crippen LogP contribution is -2.00. The Morgan fingerprint density at radius 1 is 1.00 bits per heavy atom. The van der Waals surface area contributed by atoms with Gasteiger partial charge in [-0.1, -0.05) is 42.5 Å². The number of benzene rings is 2. The number of rotatable bonds is 5. The van der Waals surface area contributed by atoms with Gasteiger partial charge in [0.2, 0.25) is 0 Å². The second-order valence-electron chi connectivity index (χ2n) is 5.79. The van der Waals surface area contributed by atoms with Gasteiger partial charge in [-0.05, 0) is 23.3 Å². The minimum absolute atomic E-state index is 0.541. The molecule has 4 aromatic rings. The molecule has 0 aliphatic heterocycles. The highest BCUT2D eigenvalue weighted by molar-refractivity contribution is 5.55. The first-order valence-electron chi connectivity index (χ1n) is 8.02. The van der Waals surface area contributed by atoms with E-state index in [0.29, 0.717) is 18.7 Å². The van der Waals surface area contributed by atoms with Crippen LogP contribution >= 0.6 is 0 Å². The largest absolute Gasteiger partial charge is 0.489 e. The van der Waals surface area contributed by atoms with Crippen LogP contribution in [0.5, 0.6) is 5.75 Å². The molecule has 4 rings (SSSR count). The Morgan fingerprint density at radius 3 is 2.68 bits per heavy atom. The molecule has 5 nitrogen and oxygen atoms in total. The Morgan fingerprint density at radius 2 is 1.84 bits per heavy atom. The standard InChI is InChI=1S/C20H16N4O/c21-12-18-13-22-24-10-9-23(20(18)24)14-17-7-4-8-19(11-17)25-15-16-5-2-1-3-6-16/h1-11,13H,14-15H2.